The molecule has 3 nitrogen and oxygen atoms in total. The van der Waals surface area contributed by atoms with Crippen molar-refractivity contribution in [2.24, 2.45) is 11.5 Å². The summed E-state index contributed by atoms with van der Waals surface area (Å²) in [6.07, 6.45) is 5.14. The molecule has 0 fully saturated rings. The van der Waals surface area contributed by atoms with Crippen LogP contribution >= 0.6 is 0 Å². The largest absolute Gasteiger partial charge is 0.399 e. The molecule has 0 aromatic heterocycles. The molecule has 0 aromatic rings. The second-order valence-electron chi connectivity index (χ2n) is 1.69. The van der Waals surface area contributed by atoms with E-state index in [4.69, 9.17) is 11.5 Å². The number of nitrogens with one attached hydrogen (secondary N) is 1. The second-order valence-corrected chi connectivity index (χ2v) is 1.69. The minimum Gasteiger partial charge on any atom is -0.399 e. The van der Waals surface area contributed by atoms with Crippen LogP contribution in [0.4, 0.5) is 0 Å². The first-order valence-electron chi connectivity index (χ1n) is 2.44. The van der Waals surface area contributed by atoms with Gasteiger partial charge in [-0.3, -0.25) is 0 Å². The Kier molecular flexibility index (Phi) is 1.22. The van der Waals surface area contributed by atoms with Gasteiger partial charge >= 0.3 is 0 Å². The molecule has 5 N–H and O–H groups in total. The molecule has 1 heterocycles. The number of hydrogen-bond donors (Lipinski definition) is 3. The molecule has 1 aliphatic heterocycles. The number of nitrogens with two attached hydrogens (primary N) is 2. The molecule has 0 bridgehead atoms. The van der Waals surface area contributed by atoms with Crippen molar-refractivity contribution in [1.29, 1.82) is 0 Å². The molecule has 44 valence electrons. The molecule has 0 spiro atoms. The second kappa shape index (κ2) is 1.88. The Morgan fingerprint density at radius 1 is 1.62 bits per heavy atom. The zero-order chi connectivity index (χ0) is 5.98. The van der Waals surface area contributed by atoms with E-state index in [1.165, 1.54) is 0 Å². The van der Waals surface area contributed by atoms with Crippen molar-refractivity contribution in [3.8, 4) is 0 Å². The zero-order valence-electron chi connectivity index (χ0n) is 4.46. The molecule has 3 heteroatoms. The first kappa shape index (κ1) is 5.18. The molecule has 0 radical (unpaired) electrons. The topological polar surface area (TPSA) is 64.1 Å². The Morgan fingerprint density at radius 2 is 2.38 bits per heavy atom. The molecule has 1 unspecified atom stereocenters. The molecule has 8 heavy (non-hydrogen) atoms. The van der Waals surface area contributed by atoms with Gasteiger partial charge in [0.1, 0.15) is 0 Å². The SMILES string of the molecule is NC1=CC(N)NC=C1. The van der Waals surface area contributed by atoms with E-state index in [-0.39, 0.29) is 6.17 Å². The first-order chi connectivity index (χ1) is 3.79. The van der Waals surface area contributed by atoms with Crippen molar-refractivity contribution in [3.63, 3.8) is 0 Å². The van der Waals surface area contributed by atoms with Crippen LogP contribution in [0.25, 0.3) is 0 Å². The van der Waals surface area contributed by atoms with Gasteiger partial charge in [-0.15, -0.1) is 0 Å². The lowest BCUT2D eigenvalue weighted by atomic mass is 10.3. The average Bonchev–Trinajstić information content (AvgIpc) is 1.64. The predicted molar refractivity (Wildman–Crippen MR) is 32.5 cm³/mol. The van der Waals surface area contributed by atoms with Crippen molar-refractivity contribution in [3.05, 3.63) is 24.0 Å². The van der Waals surface area contributed by atoms with Gasteiger partial charge in [-0.05, 0) is 18.4 Å². The highest BCUT2D eigenvalue weighted by atomic mass is 15.0. The maximum atomic E-state index is 5.41. The maximum Gasteiger partial charge on any atom is 0.0954 e. The van der Waals surface area contributed by atoms with Gasteiger partial charge < -0.3 is 16.8 Å². The Labute approximate surface area is 48.0 Å². The van der Waals surface area contributed by atoms with E-state index in [0.29, 0.717) is 0 Å². The van der Waals surface area contributed by atoms with Gasteiger partial charge in [-0.2, -0.15) is 0 Å². The fourth-order valence-corrected chi connectivity index (χ4v) is 0.566. The molecule has 0 amide bonds. The van der Waals surface area contributed by atoms with E-state index in [2.05, 4.69) is 5.32 Å². The van der Waals surface area contributed by atoms with E-state index in [9.17, 15) is 0 Å². The third-order valence-electron chi connectivity index (χ3n) is 0.936. The molecule has 0 saturated heterocycles. The first-order valence-corrected chi connectivity index (χ1v) is 2.44. The van der Waals surface area contributed by atoms with E-state index in [0.717, 1.165) is 5.70 Å². The number of rotatable bonds is 0. The normalized spacial score (nSPS) is 26.6. The lowest BCUT2D eigenvalue weighted by Gasteiger charge is -2.10. The number of hydrogen-bond acceptors (Lipinski definition) is 3. The lowest BCUT2D eigenvalue weighted by molar-refractivity contribution is 0.719. The van der Waals surface area contributed by atoms with Crippen LogP contribution in [0.15, 0.2) is 24.0 Å². The van der Waals surface area contributed by atoms with Gasteiger partial charge in [0.25, 0.3) is 0 Å². The molecule has 1 aliphatic rings. The highest BCUT2D eigenvalue weighted by Crippen LogP contribution is 1.92. The fraction of sp³-hybridized carbons (Fsp3) is 0.200. The quantitative estimate of drug-likeness (QED) is 0.384. The molecule has 1 rings (SSSR count). The summed E-state index contributed by atoms with van der Waals surface area (Å²) in [5.74, 6) is 0. The van der Waals surface area contributed by atoms with Gasteiger partial charge in [-0.25, -0.2) is 0 Å². The Bertz CT molecular complexity index is 137. The van der Waals surface area contributed by atoms with Gasteiger partial charge in [0, 0.05) is 5.70 Å². The summed E-state index contributed by atoms with van der Waals surface area (Å²) < 4.78 is 0. The van der Waals surface area contributed by atoms with Crippen molar-refractivity contribution in [2.45, 2.75) is 6.17 Å². The van der Waals surface area contributed by atoms with E-state index < -0.39 is 0 Å². The number of dihydropyridines is 1. The minimum absolute atomic E-state index is 0.111. The summed E-state index contributed by atoms with van der Waals surface area (Å²) >= 11 is 0. The molecule has 1 atom stereocenters. The van der Waals surface area contributed by atoms with Crippen LogP contribution in [0.2, 0.25) is 0 Å². The summed E-state index contributed by atoms with van der Waals surface area (Å²) in [5.41, 5.74) is 11.5. The highest BCUT2D eigenvalue weighted by Gasteiger charge is 1.96. The van der Waals surface area contributed by atoms with E-state index >= 15 is 0 Å². The summed E-state index contributed by atoms with van der Waals surface area (Å²) in [6, 6.07) is 0. The van der Waals surface area contributed by atoms with Crippen LogP contribution < -0.4 is 16.8 Å². The van der Waals surface area contributed by atoms with Gasteiger partial charge in [0.15, 0.2) is 0 Å². The third-order valence-corrected chi connectivity index (χ3v) is 0.936. The monoisotopic (exact) mass is 111 g/mol. The van der Waals surface area contributed by atoms with E-state index in [1.54, 1.807) is 18.4 Å². The fourth-order valence-electron chi connectivity index (χ4n) is 0.566. The van der Waals surface area contributed by atoms with Gasteiger partial charge in [0.05, 0.1) is 6.17 Å². The highest BCUT2D eigenvalue weighted by molar-refractivity contribution is 5.20. The molecule has 0 saturated carbocycles. The summed E-state index contributed by atoms with van der Waals surface area (Å²) in [5, 5.41) is 2.85. The van der Waals surface area contributed by atoms with Crippen molar-refractivity contribution < 1.29 is 0 Å². The van der Waals surface area contributed by atoms with Crippen LogP contribution in [0.3, 0.4) is 0 Å². The maximum absolute atomic E-state index is 5.41. The minimum atomic E-state index is -0.111. The Balaban J connectivity index is 2.63. The van der Waals surface area contributed by atoms with E-state index in [1.807, 2.05) is 0 Å². The number of allylic oxidation sites excluding steroid dienone is 1. The van der Waals surface area contributed by atoms with Gasteiger partial charge in [0.2, 0.25) is 0 Å². The van der Waals surface area contributed by atoms with Crippen LogP contribution in [0.5, 0.6) is 0 Å². The standard InChI is InChI=1S/C5H9N3/c6-4-1-2-8-5(7)3-4/h1-3,5,8H,6-7H2. The van der Waals surface area contributed by atoms with Crippen molar-refractivity contribution in [1.82, 2.24) is 5.32 Å². The van der Waals surface area contributed by atoms with Crippen LogP contribution in [-0.2, 0) is 0 Å². The Morgan fingerprint density at radius 3 is 2.75 bits per heavy atom. The molecular weight excluding hydrogens is 102 g/mol. The zero-order valence-corrected chi connectivity index (χ0v) is 4.46. The smallest absolute Gasteiger partial charge is 0.0954 e. The van der Waals surface area contributed by atoms with Crippen LogP contribution in [0, 0.1) is 0 Å². The lowest BCUT2D eigenvalue weighted by Crippen LogP contribution is -2.34. The Hall–Kier alpha value is -0.960. The van der Waals surface area contributed by atoms with Gasteiger partial charge in [-0.1, -0.05) is 0 Å². The van der Waals surface area contributed by atoms with Crippen molar-refractivity contribution >= 4 is 0 Å². The average molecular weight is 111 g/mol. The summed E-state index contributed by atoms with van der Waals surface area (Å²) in [4.78, 5) is 0. The van der Waals surface area contributed by atoms with Crippen LogP contribution in [-0.4, -0.2) is 6.17 Å². The molecule has 0 aromatic carbocycles. The van der Waals surface area contributed by atoms with Crippen molar-refractivity contribution in [2.75, 3.05) is 0 Å². The van der Waals surface area contributed by atoms with Crippen LogP contribution in [0.1, 0.15) is 0 Å². The summed E-state index contributed by atoms with van der Waals surface area (Å²) in [7, 11) is 0. The summed E-state index contributed by atoms with van der Waals surface area (Å²) in [6.45, 7) is 0. The predicted octanol–water partition coefficient (Wildman–Crippen LogP) is -0.769. The molecular formula is C5H9N3. The third kappa shape index (κ3) is 1.01. The molecule has 0 aliphatic carbocycles.